The zero-order valence-electron chi connectivity index (χ0n) is 11.6. The molecule has 0 spiro atoms. The molecule has 2 atom stereocenters. The maximum absolute atomic E-state index is 6.36. The summed E-state index contributed by atoms with van der Waals surface area (Å²) in [5.74, 6) is 0. The minimum atomic E-state index is 0.362. The van der Waals surface area contributed by atoms with Gasteiger partial charge in [-0.25, -0.2) is 0 Å². The van der Waals surface area contributed by atoms with Gasteiger partial charge in [-0.2, -0.15) is 0 Å². The van der Waals surface area contributed by atoms with E-state index in [1.807, 2.05) is 0 Å². The van der Waals surface area contributed by atoms with Crippen LogP contribution in [0.15, 0.2) is 0 Å². The van der Waals surface area contributed by atoms with E-state index < -0.39 is 0 Å². The van der Waals surface area contributed by atoms with Gasteiger partial charge in [0.2, 0.25) is 0 Å². The van der Waals surface area contributed by atoms with Crippen LogP contribution in [0, 0.1) is 5.41 Å². The highest BCUT2D eigenvalue weighted by Crippen LogP contribution is 2.40. The molecule has 0 aromatic heterocycles. The molecule has 0 heterocycles. The van der Waals surface area contributed by atoms with Gasteiger partial charge in [0.25, 0.3) is 0 Å². The standard InChI is InChI=1S/C14H28N2O/c1-14(2)7-6-12(15)13(10-14)16(8-9-17-3)11-4-5-11/h11-13H,4-10,15H2,1-3H3. The van der Waals surface area contributed by atoms with Crippen molar-refractivity contribution in [3.8, 4) is 0 Å². The van der Waals surface area contributed by atoms with Crippen LogP contribution < -0.4 is 5.73 Å². The molecule has 2 aliphatic rings. The summed E-state index contributed by atoms with van der Waals surface area (Å²) >= 11 is 0. The first-order chi connectivity index (χ1) is 8.03. The normalized spacial score (nSPS) is 33.0. The fourth-order valence-electron chi connectivity index (χ4n) is 3.15. The van der Waals surface area contributed by atoms with Gasteiger partial charge in [0.05, 0.1) is 6.61 Å². The van der Waals surface area contributed by atoms with E-state index in [0.717, 1.165) is 19.2 Å². The van der Waals surface area contributed by atoms with Crippen molar-refractivity contribution in [3.63, 3.8) is 0 Å². The molecule has 2 N–H and O–H groups in total. The summed E-state index contributed by atoms with van der Waals surface area (Å²) in [7, 11) is 1.79. The van der Waals surface area contributed by atoms with Crippen LogP contribution in [0.4, 0.5) is 0 Å². The number of rotatable bonds is 5. The highest BCUT2D eigenvalue weighted by Gasteiger charge is 2.41. The second-order valence-electron chi connectivity index (χ2n) is 6.60. The van der Waals surface area contributed by atoms with Crippen LogP contribution in [0.5, 0.6) is 0 Å². The lowest BCUT2D eigenvalue weighted by atomic mass is 9.72. The Balaban J connectivity index is 1.99. The van der Waals surface area contributed by atoms with Gasteiger partial charge in [-0.1, -0.05) is 13.8 Å². The zero-order valence-corrected chi connectivity index (χ0v) is 11.6. The molecular formula is C14H28N2O. The quantitative estimate of drug-likeness (QED) is 0.799. The molecule has 0 saturated heterocycles. The van der Waals surface area contributed by atoms with Crippen LogP contribution in [-0.4, -0.2) is 43.3 Å². The monoisotopic (exact) mass is 240 g/mol. The Kier molecular flexibility index (Phi) is 4.11. The van der Waals surface area contributed by atoms with Gasteiger partial charge in [-0.3, -0.25) is 4.90 Å². The summed E-state index contributed by atoms with van der Waals surface area (Å²) in [5, 5.41) is 0. The Labute approximate surface area is 106 Å². The first kappa shape index (κ1) is 13.3. The molecule has 0 radical (unpaired) electrons. The molecule has 17 heavy (non-hydrogen) atoms. The number of ether oxygens (including phenoxy) is 1. The summed E-state index contributed by atoms with van der Waals surface area (Å²) in [5.41, 5.74) is 6.81. The second-order valence-corrected chi connectivity index (χ2v) is 6.60. The number of hydrogen-bond acceptors (Lipinski definition) is 3. The first-order valence-corrected chi connectivity index (χ1v) is 7.04. The van der Waals surface area contributed by atoms with E-state index in [4.69, 9.17) is 10.5 Å². The Morgan fingerprint density at radius 2 is 2.00 bits per heavy atom. The Bertz CT molecular complexity index is 251. The number of nitrogens with zero attached hydrogens (tertiary/aromatic N) is 1. The minimum absolute atomic E-state index is 0.362. The van der Waals surface area contributed by atoms with Crippen molar-refractivity contribution in [1.82, 2.24) is 4.90 Å². The fraction of sp³-hybridized carbons (Fsp3) is 1.00. The topological polar surface area (TPSA) is 38.5 Å². The van der Waals surface area contributed by atoms with Gasteiger partial charge in [0.1, 0.15) is 0 Å². The maximum atomic E-state index is 6.36. The average Bonchev–Trinajstić information content (AvgIpc) is 3.08. The molecule has 0 aromatic carbocycles. The van der Waals surface area contributed by atoms with Gasteiger partial charge in [0, 0.05) is 31.8 Å². The van der Waals surface area contributed by atoms with E-state index in [-0.39, 0.29) is 0 Å². The Morgan fingerprint density at radius 1 is 1.29 bits per heavy atom. The SMILES string of the molecule is COCCN(C1CC1)C1CC(C)(C)CCC1N. The smallest absolute Gasteiger partial charge is 0.0589 e. The molecule has 100 valence electrons. The van der Waals surface area contributed by atoms with Crippen LogP contribution in [-0.2, 0) is 4.74 Å². The number of nitrogens with two attached hydrogens (primary N) is 1. The minimum Gasteiger partial charge on any atom is -0.383 e. The third kappa shape index (κ3) is 3.43. The maximum Gasteiger partial charge on any atom is 0.0589 e. The average molecular weight is 240 g/mol. The summed E-state index contributed by atoms with van der Waals surface area (Å²) < 4.78 is 5.25. The fourth-order valence-corrected chi connectivity index (χ4v) is 3.15. The predicted octanol–water partition coefficient (Wildman–Crippen LogP) is 2.00. The van der Waals surface area contributed by atoms with Crippen LogP contribution in [0.2, 0.25) is 0 Å². The molecular weight excluding hydrogens is 212 g/mol. The van der Waals surface area contributed by atoms with Crippen molar-refractivity contribution >= 4 is 0 Å². The van der Waals surface area contributed by atoms with Crippen LogP contribution >= 0.6 is 0 Å². The van der Waals surface area contributed by atoms with E-state index in [1.165, 1.54) is 32.1 Å². The van der Waals surface area contributed by atoms with Crippen molar-refractivity contribution in [2.45, 2.75) is 64.1 Å². The zero-order chi connectivity index (χ0) is 12.5. The number of hydrogen-bond donors (Lipinski definition) is 1. The summed E-state index contributed by atoms with van der Waals surface area (Å²) in [4.78, 5) is 2.63. The van der Waals surface area contributed by atoms with E-state index >= 15 is 0 Å². The van der Waals surface area contributed by atoms with Gasteiger partial charge in [-0.15, -0.1) is 0 Å². The third-order valence-corrected chi connectivity index (χ3v) is 4.41. The van der Waals surface area contributed by atoms with Crippen molar-refractivity contribution < 1.29 is 4.74 Å². The molecule has 0 amide bonds. The van der Waals surface area contributed by atoms with E-state index in [9.17, 15) is 0 Å². The summed E-state index contributed by atoms with van der Waals surface area (Å²) in [6.07, 6.45) is 6.40. The van der Waals surface area contributed by atoms with Crippen molar-refractivity contribution in [3.05, 3.63) is 0 Å². The highest BCUT2D eigenvalue weighted by atomic mass is 16.5. The van der Waals surface area contributed by atoms with Gasteiger partial charge in [-0.05, 0) is 37.5 Å². The van der Waals surface area contributed by atoms with E-state index in [1.54, 1.807) is 7.11 Å². The first-order valence-electron chi connectivity index (χ1n) is 7.04. The Morgan fingerprint density at radius 3 is 2.59 bits per heavy atom. The third-order valence-electron chi connectivity index (χ3n) is 4.41. The van der Waals surface area contributed by atoms with E-state index in [0.29, 0.717) is 17.5 Å². The summed E-state index contributed by atoms with van der Waals surface area (Å²) in [6, 6.07) is 1.72. The molecule has 2 saturated carbocycles. The number of methoxy groups -OCH3 is 1. The van der Waals surface area contributed by atoms with Crippen molar-refractivity contribution in [2.24, 2.45) is 11.1 Å². The largest absolute Gasteiger partial charge is 0.383 e. The molecule has 0 bridgehead atoms. The molecule has 2 aliphatic carbocycles. The van der Waals surface area contributed by atoms with Crippen molar-refractivity contribution in [1.29, 1.82) is 0 Å². The summed E-state index contributed by atoms with van der Waals surface area (Å²) in [6.45, 7) is 6.65. The van der Waals surface area contributed by atoms with Gasteiger partial charge >= 0.3 is 0 Å². The molecule has 0 aliphatic heterocycles. The molecule has 3 heteroatoms. The highest BCUT2D eigenvalue weighted by molar-refractivity contribution is 4.97. The molecule has 2 rings (SSSR count). The lowest BCUT2D eigenvalue weighted by Gasteiger charge is -2.45. The van der Waals surface area contributed by atoms with Crippen molar-refractivity contribution in [2.75, 3.05) is 20.3 Å². The molecule has 3 nitrogen and oxygen atoms in total. The Hall–Kier alpha value is -0.120. The molecule has 0 aromatic rings. The van der Waals surface area contributed by atoms with Crippen LogP contribution in [0.25, 0.3) is 0 Å². The molecule has 2 unspecified atom stereocenters. The van der Waals surface area contributed by atoms with Crippen LogP contribution in [0.3, 0.4) is 0 Å². The van der Waals surface area contributed by atoms with E-state index in [2.05, 4.69) is 18.7 Å². The molecule has 2 fully saturated rings. The van der Waals surface area contributed by atoms with Gasteiger partial charge < -0.3 is 10.5 Å². The van der Waals surface area contributed by atoms with Gasteiger partial charge in [0.15, 0.2) is 0 Å². The second kappa shape index (κ2) is 5.25. The lowest BCUT2D eigenvalue weighted by Crippen LogP contribution is -2.54. The lowest BCUT2D eigenvalue weighted by molar-refractivity contribution is 0.0503. The predicted molar refractivity (Wildman–Crippen MR) is 71.0 cm³/mol. The van der Waals surface area contributed by atoms with Crippen LogP contribution in [0.1, 0.15) is 46.0 Å².